The quantitative estimate of drug-likeness (QED) is 0.423. The van der Waals surface area contributed by atoms with Gasteiger partial charge in [-0.3, -0.25) is 25.0 Å². The Hall–Kier alpha value is -1.77. The highest BCUT2D eigenvalue weighted by Gasteiger charge is 2.67. The minimum Gasteiger partial charge on any atom is -0.343 e. The normalized spacial score (nSPS) is 37.6. The average molecular weight is 230 g/mol. The number of fused-ring (bicyclic) bond motifs is 2. The van der Waals surface area contributed by atoms with Gasteiger partial charge in [-0.05, 0) is 0 Å². The maximum absolute atomic E-state index is 11.5. The van der Waals surface area contributed by atoms with Crippen LogP contribution in [0.15, 0.2) is 0 Å². The van der Waals surface area contributed by atoms with Crippen LogP contribution in [0.25, 0.3) is 0 Å². The van der Waals surface area contributed by atoms with Gasteiger partial charge >= 0.3 is 5.54 Å². The zero-order valence-electron chi connectivity index (χ0n) is 8.26. The van der Waals surface area contributed by atoms with E-state index in [4.69, 9.17) is 0 Å². The molecule has 0 aliphatic carbocycles. The molecule has 2 atom stereocenters. The molecule has 2 heterocycles. The number of nitrogens with one attached hydrogen (secondary N) is 2. The molecule has 2 fully saturated rings. The fourth-order valence-corrected chi connectivity index (χ4v) is 2.27. The molecule has 9 heteroatoms. The summed E-state index contributed by atoms with van der Waals surface area (Å²) in [5.41, 5.74) is -3.36. The number of carbonyl (C=O) groups is 1. The summed E-state index contributed by atoms with van der Waals surface area (Å²) in [6.45, 7) is -0.293. The van der Waals surface area contributed by atoms with E-state index in [0.29, 0.717) is 0 Å². The SMILES string of the molecule is O=C1NCC2([N+](=O)[O-])CNCC1([N+](=O)[O-])C2. The molecule has 0 aromatic rings. The highest BCUT2D eigenvalue weighted by Crippen LogP contribution is 2.32. The largest absolute Gasteiger partial charge is 0.343 e. The number of hydrogen-bond acceptors (Lipinski definition) is 6. The van der Waals surface area contributed by atoms with Crippen LogP contribution >= 0.6 is 0 Å². The van der Waals surface area contributed by atoms with Gasteiger partial charge in [-0.2, -0.15) is 0 Å². The van der Waals surface area contributed by atoms with Crippen LogP contribution in [0.3, 0.4) is 0 Å². The Bertz CT molecular complexity index is 385. The topological polar surface area (TPSA) is 127 Å². The van der Waals surface area contributed by atoms with Gasteiger partial charge in [-0.25, -0.2) is 0 Å². The minimum atomic E-state index is -1.90. The van der Waals surface area contributed by atoms with Gasteiger partial charge in [-0.15, -0.1) is 0 Å². The second-order valence-corrected chi connectivity index (χ2v) is 4.23. The van der Waals surface area contributed by atoms with Crippen molar-refractivity contribution >= 4 is 5.91 Å². The van der Waals surface area contributed by atoms with Gasteiger partial charge < -0.3 is 10.6 Å². The van der Waals surface area contributed by atoms with E-state index >= 15 is 0 Å². The number of nitro groups is 2. The lowest BCUT2D eigenvalue weighted by Gasteiger charge is -2.40. The van der Waals surface area contributed by atoms with Gasteiger partial charge in [0, 0.05) is 9.85 Å². The van der Waals surface area contributed by atoms with Crippen LogP contribution in [0.1, 0.15) is 6.42 Å². The summed E-state index contributed by atoms with van der Waals surface area (Å²) >= 11 is 0. The van der Waals surface area contributed by atoms with Gasteiger partial charge in [-0.1, -0.05) is 0 Å². The van der Waals surface area contributed by atoms with E-state index in [1.807, 2.05) is 0 Å². The van der Waals surface area contributed by atoms with Crippen molar-refractivity contribution in [2.75, 3.05) is 19.6 Å². The minimum absolute atomic E-state index is 0.0376. The van der Waals surface area contributed by atoms with Crippen LogP contribution in [0, 0.1) is 20.2 Å². The first kappa shape index (κ1) is 10.7. The second-order valence-electron chi connectivity index (χ2n) is 4.23. The fraction of sp³-hybridized carbons (Fsp3) is 0.857. The van der Waals surface area contributed by atoms with Crippen molar-refractivity contribution in [2.24, 2.45) is 0 Å². The number of nitrogens with zero attached hydrogens (tertiary/aromatic N) is 2. The van der Waals surface area contributed by atoms with E-state index in [0.717, 1.165) is 0 Å². The van der Waals surface area contributed by atoms with Gasteiger partial charge in [0.25, 0.3) is 11.4 Å². The summed E-state index contributed by atoms with van der Waals surface area (Å²) in [7, 11) is 0. The highest BCUT2D eigenvalue weighted by molar-refractivity contribution is 5.86. The van der Waals surface area contributed by atoms with Gasteiger partial charge in [0.15, 0.2) is 0 Å². The molecule has 0 saturated carbocycles. The molecule has 16 heavy (non-hydrogen) atoms. The average Bonchev–Trinajstić information content (AvgIpc) is 2.24. The summed E-state index contributed by atoms with van der Waals surface area (Å²) in [6.07, 6.45) is -0.348. The lowest BCUT2D eigenvalue weighted by Crippen LogP contribution is -2.76. The standard InChI is InChI=1S/C7H10N4O5/c12-5-7(11(15)16)1-6(3-9-5,10(13)14)2-8-4-7/h8H,1-4H2,(H,9,12). The van der Waals surface area contributed by atoms with Gasteiger partial charge in [0.05, 0.1) is 19.6 Å². The first-order valence-electron chi connectivity index (χ1n) is 4.71. The molecule has 2 bridgehead atoms. The van der Waals surface area contributed by atoms with Crippen molar-refractivity contribution in [3.8, 4) is 0 Å². The number of carbonyl (C=O) groups excluding carboxylic acids is 1. The van der Waals surface area contributed by atoms with Crippen LogP contribution < -0.4 is 10.6 Å². The Morgan fingerprint density at radius 3 is 2.38 bits per heavy atom. The Labute approximate surface area is 89.5 Å². The molecule has 0 aromatic heterocycles. The lowest BCUT2D eigenvalue weighted by atomic mass is 9.75. The Kier molecular flexibility index (Phi) is 2.09. The molecule has 2 aliphatic rings. The van der Waals surface area contributed by atoms with Crippen LogP contribution in [-0.2, 0) is 4.79 Å². The predicted octanol–water partition coefficient (Wildman–Crippen LogP) is -1.86. The second kappa shape index (κ2) is 3.11. The van der Waals surface area contributed by atoms with Crippen LogP contribution in [-0.4, -0.2) is 46.5 Å². The van der Waals surface area contributed by atoms with Crippen LogP contribution in [0.4, 0.5) is 0 Å². The van der Waals surface area contributed by atoms with Crippen molar-refractivity contribution < 1.29 is 14.6 Å². The molecule has 88 valence electrons. The predicted molar refractivity (Wildman–Crippen MR) is 49.9 cm³/mol. The van der Waals surface area contributed by atoms with E-state index in [1.165, 1.54) is 0 Å². The first-order valence-corrected chi connectivity index (χ1v) is 4.71. The maximum Gasteiger partial charge on any atom is 0.317 e. The lowest BCUT2D eigenvalue weighted by molar-refractivity contribution is -0.612. The third-order valence-corrected chi connectivity index (χ3v) is 3.23. The van der Waals surface area contributed by atoms with Crippen molar-refractivity contribution in [3.63, 3.8) is 0 Å². The van der Waals surface area contributed by atoms with Crippen molar-refractivity contribution in [1.29, 1.82) is 0 Å². The molecule has 2 unspecified atom stereocenters. The molecular formula is C7H10N4O5. The number of piperidine rings is 2. The van der Waals surface area contributed by atoms with E-state index in [1.54, 1.807) is 0 Å². The molecule has 0 spiro atoms. The van der Waals surface area contributed by atoms with E-state index in [9.17, 15) is 25.0 Å². The smallest absolute Gasteiger partial charge is 0.317 e. The molecule has 0 radical (unpaired) electrons. The first-order chi connectivity index (χ1) is 7.43. The Morgan fingerprint density at radius 1 is 1.12 bits per heavy atom. The third kappa shape index (κ3) is 1.18. The number of rotatable bonds is 2. The molecule has 2 aliphatic heterocycles. The molecule has 2 rings (SSSR count). The van der Waals surface area contributed by atoms with E-state index in [2.05, 4.69) is 10.6 Å². The zero-order chi connectivity index (χ0) is 12.0. The molecule has 1 amide bonds. The monoisotopic (exact) mass is 230 g/mol. The third-order valence-electron chi connectivity index (χ3n) is 3.23. The molecule has 2 saturated heterocycles. The molecule has 2 N–H and O–H groups in total. The summed E-state index contributed by atoms with van der Waals surface area (Å²) in [5.74, 6) is -0.748. The molecule has 9 nitrogen and oxygen atoms in total. The Morgan fingerprint density at radius 2 is 1.81 bits per heavy atom. The molecule has 0 aromatic carbocycles. The van der Waals surface area contributed by atoms with Gasteiger partial charge in [0.1, 0.15) is 6.42 Å². The fourth-order valence-electron chi connectivity index (χ4n) is 2.27. The maximum atomic E-state index is 11.5. The summed E-state index contributed by atoms with van der Waals surface area (Å²) in [6, 6.07) is 0. The van der Waals surface area contributed by atoms with Crippen molar-refractivity contribution in [2.45, 2.75) is 17.5 Å². The van der Waals surface area contributed by atoms with Crippen LogP contribution in [0.2, 0.25) is 0 Å². The Balaban J connectivity index is 2.42. The number of amides is 1. The highest BCUT2D eigenvalue weighted by atomic mass is 16.6. The number of hydrogen-bond donors (Lipinski definition) is 2. The summed E-state index contributed by atoms with van der Waals surface area (Å²) in [4.78, 5) is 32.1. The molecular weight excluding hydrogens is 220 g/mol. The van der Waals surface area contributed by atoms with Crippen molar-refractivity contribution in [1.82, 2.24) is 10.6 Å². The summed E-state index contributed by atoms with van der Waals surface area (Å²) in [5, 5.41) is 26.8. The van der Waals surface area contributed by atoms with Crippen molar-refractivity contribution in [3.05, 3.63) is 20.2 Å². The van der Waals surface area contributed by atoms with Gasteiger partial charge in [0.2, 0.25) is 0 Å². The van der Waals surface area contributed by atoms with E-state index < -0.39 is 26.8 Å². The van der Waals surface area contributed by atoms with E-state index in [-0.39, 0.29) is 26.1 Å². The zero-order valence-corrected chi connectivity index (χ0v) is 8.26. The van der Waals surface area contributed by atoms with Crippen LogP contribution in [0.5, 0.6) is 0 Å². The summed E-state index contributed by atoms with van der Waals surface area (Å²) < 4.78 is 0.